The lowest BCUT2D eigenvalue weighted by Crippen LogP contribution is -2.44. The Morgan fingerprint density at radius 1 is 0.969 bits per heavy atom. The highest BCUT2D eigenvalue weighted by Crippen LogP contribution is 2.38. The minimum Gasteiger partial charge on any atom is -0.457 e. The number of para-hydroxylation sites is 1. The topological polar surface area (TPSA) is 78.3 Å². The van der Waals surface area contributed by atoms with Crippen molar-refractivity contribution in [2.75, 3.05) is 0 Å². The Kier molecular flexibility index (Phi) is 5.29. The Morgan fingerprint density at radius 2 is 1.66 bits per heavy atom. The van der Waals surface area contributed by atoms with E-state index in [-0.39, 0.29) is 18.0 Å². The number of benzene rings is 2. The van der Waals surface area contributed by atoms with E-state index in [1.807, 2.05) is 66.9 Å². The number of rotatable bonds is 7. The fraction of sp³-hybridized carbons (Fsp3) is 0.160. The summed E-state index contributed by atoms with van der Waals surface area (Å²) in [6.07, 6.45) is 6.47. The number of carbonyl (C=O) groups is 1. The number of nitrogens with one attached hydrogen (secondary N) is 1. The van der Waals surface area contributed by atoms with Crippen molar-refractivity contribution in [1.29, 1.82) is 0 Å². The molecular weight excluding hydrogens is 404 g/mol. The van der Waals surface area contributed by atoms with Crippen molar-refractivity contribution in [1.82, 2.24) is 19.9 Å². The van der Waals surface area contributed by atoms with Gasteiger partial charge in [0.1, 0.15) is 29.1 Å². The van der Waals surface area contributed by atoms with E-state index < -0.39 is 0 Å². The van der Waals surface area contributed by atoms with Crippen LogP contribution in [-0.4, -0.2) is 26.5 Å². The average molecular weight is 426 g/mol. The van der Waals surface area contributed by atoms with E-state index in [1.54, 1.807) is 0 Å². The molecule has 7 heteroatoms. The first-order valence-corrected chi connectivity index (χ1v) is 10.4. The normalized spacial score (nSPS) is 17.4. The van der Waals surface area contributed by atoms with Gasteiger partial charge in [-0.2, -0.15) is 4.98 Å². The van der Waals surface area contributed by atoms with Crippen LogP contribution in [0.2, 0.25) is 0 Å². The molecule has 0 atom stereocenters. The number of fused-ring (bicyclic) bond motifs is 1. The van der Waals surface area contributed by atoms with Crippen molar-refractivity contribution >= 4 is 16.9 Å². The fourth-order valence-corrected chi connectivity index (χ4v) is 3.85. The van der Waals surface area contributed by atoms with Gasteiger partial charge in [-0.3, -0.25) is 4.79 Å². The third-order valence-corrected chi connectivity index (χ3v) is 5.52. The second kappa shape index (κ2) is 8.55. The molecule has 7 nitrogen and oxygen atoms in total. The molecule has 0 saturated heterocycles. The van der Waals surface area contributed by atoms with Crippen LogP contribution in [0.3, 0.4) is 0 Å². The quantitative estimate of drug-likeness (QED) is 0.420. The van der Waals surface area contributed by atoms with Crippen LogP contribution in [0.15, 0.2) is 85.8 Å². The molecule has 2 aromatic carbocycles. The maximum atomic E-state index is 11.5. The van der Waals surface area contributed by atoms with Gasteiger partial charge in [-0.15, -0.1) is 0 Å². The van der Waals surface area contributed by atoms with Gasteiger partial charge in [-0.1, -0.05) is 24.8 Å². The Labute approximate surface area is 185 Å². The van der Waals surface area contributed by atoms with Gasteiger partial charge in [0.05, 0.1) is 5.52 Å². The predicted molar refractivity (Wildman–Crippen MR) is 121 cm³/mol. The van der Waals surface area contributed by atoms with Crippen molar-refractivity contribution in [2.24, 2.45) is 0 Å². The second-order valence-corrected chi connectivity index (χ2v) is 7.66. The molecule has 1 amide bonds. The molecule has 4 aromatic rings. The Bertz CT molecular complexity index is 1250. The lowest BCUT2D eigenvalue weighted by Gasteiger charge is -2.37. The number of carbonyl (C=O) groups excluding carboxylic acids is 1. The number of ether oxygens (including phenoxy) is 2. The molecule has 1 aliphatic carbocycles. The van der Waals surface area contributed by atoms with Crippen LogP contribution in [-0.2, 0) is 4.79 Å². The molecule has 5 rings (SSSR count). The molecule has 32 heavy (non-hydrogen) atoms. The summed E-state index contributed by atoms with van der Waals surface area (Å²) in [5.41, 5.74) is 1.66. The summed E-state index contributed by atoms with van der Waals surface area (Å²) in [4.78, 5) is 20.3. The number of aromatic nitrogens is 3. The zero-order valence-corrected chi connectivity index (χ0v) is 17.3. The minimum atomic E-state index is -0.141. The van der Waals surface area contributed by atoms with Gasteiger partial charge >= 0.3 is 0 Å². The molecule has 0 aliphatic heterocycles. The molecule has 1 fully saturated rings. The molecule has 1 N–H and O–H groups in total. The molecule has 0 spiro atoms. The zero-order valence-electron chi connectivity index (χ0n) is 17.3. The summed E-state index contributed by atoms with van der Waals surface area (Å²) in [5, 5.41) is 2.94. The maximum absolute atomic E-state index is 11.5. The van der Waals surface area contributed by atoms with Crippen molar-refractivity contribution in [2.45, 2.75) is 24.9 Å². The van der Waals surface area contributed by atoms with Crippen LogP contribution in [0.5, 0.6) is 23.1 Å². The molecule has 0 bridgehead atoms. The van der Waals surface area contributed by atoms with Crippen LogP contribution in [0.25, 0.3) is 11.0 Å². The van der Waals surface area contributed by atoms with Gasteiger partial charge in [0.2, 0.25) is 11.8 Å². The average Bonchev–Trinajstić information content (AvgIpc) is 3.22. The van der Waals surface area contributed by atoms with Crippen molar-refractivity contribution in [3.8, 4) is 23.1 Å². The van der Waals surface area contributed by atoms with E-state index in [4.69, 9.17) is 9.47 Å². The first-order valence-electron chi connectivity index (χ1n) is 10.4. The Morgan fingerprint density at radius 3 is 2.38 bits per heavy atom. The number of amides is 1. The summed E-state index contributed by atoms with van der Waals surface area (Å²) >= 11 is 0. The Balaban J connectivity index is 1.32. The van der Waals surface area contributed by atoms with Gasteiger partial charge < -0.3 is 19.4 Å². The van der Waals surface area contributed by atoms with Crippen molar-refractivity contribution in [3.05, 3.63) is 85.8 Å². The fourth-order valence-electron chi connectivity index (χ4n) is 3.85. The minimum absolute atomic E-state index is 0.141. The molecular formula is C25H22N4O3. The predicted octanol–water partition coefficient (Wildman–Crippen LogP) is 5.02. The van der Waals surface area contributed by atoms with Gasteiger partial charge in [-0.25, -0.2) is 4.98 Å². The summed E-state index contributed by atoms with van der Waals surface area (Å²) in [7, 11) is 0. The molecule has 2 aromatic heterocycles. The van der Waals surface area contributed by atoms with Crippen LogP contribution >= 0.6 is 0 Å². The van der Waals surface area contributed by atoms with Crippen LogP contribution in [0, 0.1) is 0 Å². The maximum Gasteiger partial charge on any atom is 0.247 e. The summed E-state index contributed by atoms with van der Waals surface area (Å²) in [6, 6.07) is 19.4. The van der Waals surface area contributed by atoms with E-state index in [9.17, 15) is 4.79 Å². The third kappa shape index (κ3) is 4.05. The monoisotopic (exact) mass is 426 g/mol. The highest BCUT2D eigenvalue weighted by molar-refractivity contribution is 5.87. The first-order chi connectivity index (χ1) is 15.7. The number of hydrogen-bond donors (Lipinski definition) is 1. The highest BCUT2D eigenvalue weighted by Gasteiger charge is 2.32. The molecule has 0 unspecified atom stereocenters. The molecule has 1 aliphatic rings. The molecule has 1 saturated carbocycles. The summed E-state index contributed by atoms with van der Waals surface area (Å²) < 4.78 is 14.1. The summed E-state index contributed by atoms with van der Waals surface area (Å²) in [5.74, 6) is 2.51. The van der Waals surface area contributed by atoms with Crippen molar-refractivity contribution in [3.63, 3.8) is 0 Å². The first kappa shape index (κ1) is 19.8. The SMILES string of the molecule is C=CC(=O)N[C@H]1C[C@@H](n2ccc3ncnc(Oc4ccc(Oc5ccccc5)cc4)c32)C1. The van der Waals surface area contributed by atoms with Gasteiger partial charge in [0.25, 0.3) is 0 Å². The van der Waals surface area contributed by atoms with Crippen LogP contribution < -0.4 is 14.8 Å². The summed E-state index contributed by atoms with van der Waals surface area (Å²) in [6.45, 7) is 3.50. The second-order valence-electron chi connectivity index (χ2n) is 7.66. The van der Waals surface area contributed by atoms with E-state index >= 15 is 0 Å². The van der Waals surface area contributed by atoms with E-state index in [0.29, 0.717) is 11.6 Å². The Hall–Kier alpha value is -4.13. The zero-order chi connectivity index (χ0) is 21.9. The molecule has 2 heterocycles. The van der Waals surface area contributed by atoms with Gasteiger partial charge in [0.15, 0.2) is 0 Å². The lowest BCUT2D eigenvalue weighted by molar-refractivity contribution is -0.117. The largest absolute Gasteiger partial charge is 0.457 e. The van der Waals surface area contributed by atoms with E-state index in [2.05, 4.69) is 26.4 Å². The van der Waals surface area contributed by atoms with Crippen molar-refractivity contribution < 1.29 is 14.3 Å². The van der Waals surface area contributed by atoms with E-state index in [1.165, 1.54) is 12.4 Å². The molecule has 160 valence electrons. The van der Waals surface area contributed by atoms with Gasteiger partial charge in [-0.05, 0) is 61.4 Å². The molecule has 0 radical (unpaired) electrons. The van der Waals surface area contributed by atoms with Gasteiger partial charge in [0, 0.05) is 18.3 Å². The highest BCUT2D eigenvalue weighted by atomic mass is 16.5. The van der Waals surface area contributed by atoms with Crippen LogP contribution in [0.1, 0.15) is 18.9 Å². The number of hydrogen-bond acceptors (Lipinski definition) is 5. The smallest absolute Gasteiger partial charge is 0.247 e. The third-order valence-electron chi connectivity index (χ3n) is 5.52. The van der Waals surface area contributed by atoms with Crippen LogP contribution in [0.4, 0.5) is 0 Å². The van der Waals surface area contributed by atoms with E-state index in [0.717, 1.165) is 35.4 Å². The lowest BCUT2D eigenvalue weighted by atomic mass is 9.86. The standard InChI is InChI=1S/C25H22N4O3/c1-2-23(30)28-17-14-18(15-17)29-13-12-22-24(29)25(27-16-26-22)32-21-10-8-20(9-11-21)31-19-6-4-3-5-7-19/h2-13,16-18H,1,14-15H2,(H,28,30)/t17-,18+. The number of nitrogens with zero attached hydrogens (tertiary/aromatic N) is 3.